The Hall–Kier alpha value is -0.680. The summed E-state index contributed by atoms with van der Waals surface area (Å²) in [5.74, 6) is -2.04. The molecule has 0 spiro atoms. The van der Waals surface area contributed by atoms with Crippen LogP contribution in [0.25, 0.3) is 0 Å². The fourth-order valence-corrected chi connectivity index (χ4v) is 2.28. The lowest BCUT2D eigenvalue weighted by Gasteiger charge is -2.35. The second-order valence-corrected chi connectivity index (χ2v) is 6.59. The first-order valence-electron chi connectivity index (χ1n) is 6.23. The summed E-state index contributed by atoms with van der Waals surface area (Å²) < 4.78 is 33.2. The molecule has 1 rings (SSSR count). The summed E-state index contributed by atoms with van der Waals surface area (Å²) in [5.41, 5.74) is 5.75. The van der Waals surface area contributed by atoms with Gasteiger partial charge in [0.1, 0.15) is 6.10 Å². The van der Waals surface area contributed by atoms with Gasteiger partial charge in [-0.2, -0.15) is 4.39 Å². The van der Waals surface area contributed by atoms with Gasteiger partial charge in [0.25, 0.3) is 0 Å². The molecular weight excluding hydrogens is 316 g/mol. The van der Waals surface area contributed by atoms with Crippen LogP contribution >= 0.6 is 15.9 Å². The smallest absolute Gasteiger partial charge is 0.200 e. The van der Waals surface area contributed by atoms with Crippen LogP contribution in [-0.4, -0.2) is 12.1 Å². The number of ether oxygens (including phenoxy) is 1. The van der Waals surface area contributed by atoms with E-state index >= 15 is 0 Å². The fraction of sp³-hybridized carbons (Fsp3) is 0.571. The van der Waals surface area contributed by atoms with Crippen molar-refractivity contribution in [2.75, 3.05) is 0 Å². The van der Waals surface area contributed by atoms with E-state index in [0.29, 0.717) is 10.9 Å². The summed E-state index contributed by atoms with van der Waals surface area (Å²) in [7, 11) is 0. The summed E-state index contributed by atoms with van der Waals surface area (Å²) in [6, 6.07) is 2.23. The van der Waals surface area contributed by atoms with Crippen molar-refractivity contribution in [3.8, 4) is 5.75 Å². The molecule has 2 atom stereocenters. The number of hydrogen-bond acceptors (Lipinski definition) is 2. The van der Waals surface area contributed by atoms with Crippen molar-refractivity contribution in [3.05, 3.63) is 28.2 Å². The zero-order chi connectivity index (χ0) is 14.8. The van der Waals surface area contributed by atoms with Crippen molar-refractivity contribution < 1.29 is 13.5 Å². The summed E-state index contributed by atoms with van der Waals surface area (Å²) in [6.07, 6.45) is 0.292. The van der Waals surface area contributed by atoms with Crippen molar-refractivity contribution >= 4 is 15.9 Å². The van der Waals surface area contributed by atoms with Crippen LogP contribution in [0.4, 0.5) is 8.78 Å². The van der Waals surface area contributed by atoms with E-state index in [1.807, 2.05) is 27.7 Å². The number of halogens is 3. The van der Waals surface area contributed by atoms with E-state index < -0.39 is 17.7 Å². The van der Waals surface area contributed by atoms with E-state index in [9.17, 15) is 8.78 Å². The highest BCUT2D eigenvalue weighted by molar-refractivity contribution is 9.10. The third kappa shape index (κ3) is 4.14. The van der Waals surface area contributed by atoms with Gasteiger partial charge in [-0.25, -0.2) is 4.39 Å². The molecule has 0 saturated heterocycles. The Labute approximate surface area is 121 Å². The largest absolute Gasteiger partial charge is 0.485 e. The zero-order valence-electron chi connectivity index (χ0n) is 11.6. The summed E-state index contributed by atoms with van der Waals surface area (Å²) >= 11 is 3.12. The minimum Gasteiger partial charge on any atom is -0.485 e. The first-order chi connectivity index (χ1) is 8.66. The molecule has 0 aliphatic rings. The van der Waals surface area contributed by atoms with Crippen molar-refractivity contribution in [3.63, 3.8) is 0 Å². The van der Waals surface area contributed by atoms with Gasteiger partial charge >= 0.3 is 0 Å². The Morgan fingerprint density at radius 2 is 1.89 bits per heavy atom. The number of nitrogens with two attached hydrogens (primary N) is 1. The number of rotatable bonds is 4. The summed E-state index contributed by atoms with van der Waals surface area (Å²) in [4.78, 5) is 0. The molecule has 108 valence electrons. The molecule has 2 nitrogen and oxygen atoms in total. The van der Waals surface area contributed by atoms with E-state index in [4.69, 9.17) is 10.5 Å². The average molecular weight is 336 g/mol. The summed E-state index contributed by atoms with van der Waals surface area (Å²) in [5, 5.41) is 0. The zero-order valence-corrected chi connectivity index (χ0v) is 13.2. The SMILES string of the molecule is CCC(N)C(Oc1cc(Br)cc(F)c1F)C(C)(C)C. The van der Waals surface area contributed by atoms with E-state index in [1.165, 1.54) is 6.07 Å². The molecular formula is C14H20BrF2NO. The van der Waals surface area contributed by atoms with Crippen molar-refractivity contribution in [2.45, 2.75) is 46.3 Å². The second kappa shape index (κ2) is 6.18. The molecule has 19 heavy (non-hydrogen) atoms. The molecule has 0 heterocycles. The molecule has 0 amide bonds. The van der Waals surface area contributed by atoms with Crippen LogP contribution in [0.5, 0.6) is 5.75 Å². The monoisotopic (exact) mass is 335 g/mol. The molecule has 0 fully saturated rings. The number of benzene rings is 1. The highest BCUT2D eigenvalue weighted by Gasteiger charge is 2.32. The van der Waals surface area contributed by atoms with Gasteiger partial charge in [-0.05, 0) is 18.6 Å². The molecule has 0 radical (unpaired) electrons. The van der Waals surface area contributed by atoms with Gasteiger partial charge in [-0.15, -0.1) is 0 Å². The summed E-state index contributed by atoms with van der Waals surface area (Å²) in [6.45, 7) is 7.81. The van der Waals surface area contributed by atoms with Crippen LogP contribution in [0.1, 0.15) is 34.1 Å². The molecule has 0 bridgehead atoms. The Morgan fingerprint density at radius 3 is 2.37 bits per heavy atom. The lowest BCUT2D eigenvalue weighted by Crippen LogP contribution is -2.47. The third-order valence-electron chi connectivity index (χ3n) is 2.93. The molecule has 2 unspecified atom stereocenters. The van der Waals surface area contributed by atoms with E-state index in [-0.39, 0.29) is 17.2 Å². The Morgan fingerprint density at radius 1 is 1.32 bits per heavy atom. The standard InChI is InChI=1S/C14H20BrF2NO/c1-5-10(18)13(14(2,3)4)19-11-7-8(15)6-9(16)12(11)17/h6-7,10,13H,5,18H2,1-4H3. The average Bonchev–Trinajstić information content (AvgIpc) is 2.29. The van der Waals surface area contributed by atoms with Gasteiger partial charge in [0.2, 0.25) is 5.82 Å². The van der Waals surface area contributed by atoms with Crippen LogP contribution in [0.3, 0.4) is 0 Å². The van der Waals surface area contributed by atoms with E-state index in [0.717, 1.165) is 6.07 Å². The molecule has 1 aromatic carbocycles. The van der Waals surface area contributed by atoms with Gasteiger partial charge in [-0.1, -0.05) is 43.6 Å². The van der Waals surface area contributed by atoms with Crippen molar-refractivity contribution in [1.82, 2.24) is 0 Å². The van der Waals surface area contributed by atoms with Gasteiger partial charge in [0, 0.05) is 15.9 Å². The van der Waals surface area contributed by atoms with Crippen LogP contribution in [0.2, 0.25) is 0 Å². The Bertz CT molecular complexity index is 446. The maximum absolute atomic E-state index is 13.7. The molecule has 0 aromatic heterocycles. The molecule has 0 saturated carbocycles. The van der Waals surface area contributed by atoms with Crippen molar-refractivity contribution in [2.24, 2.45) is 11.1 Å². The molecule has 5 heteroatoms. The maximum Gasteiger partial charge on any atom is 0.200 e. The van der Waals surface area contributed by atoms with Gasteiger partial charge in [-0.3, -0.25) is 0 Å². The lowest BCUT2D eigenvalue weighted by molar-refractivity contribution is 0.0578. The minimum atomic E-state index is -0.985. The van der Waals surface area contributed by atoms with Gasteiger partial charge < -0.3 is 10.5 Å². The molecule has 2 N–H and O–H groups in total. The first kappa shape index (κ1) is 16.4. The topological polar surface area (TPSA) is 35.2 Å². The van der Waals surface area contributed by atoms with Crippen molar-refractivity contribution in [1.29, 1.82) is 0 Å². The lowest BCUT2D eigenvalue weighted by atomic mass is 9.84. The quantitative estimate of drug-likeness (QED) is 0.834. The van der Waals surface area contributed by atoms with E-state index in [1.54, 1.807) is 0 Å². The van der Waals surface area contributed by atoms with Gasteiger partial charge in [0.15, 0.2) is 11.6 Å². The van der Waals surface area contributed by atoms with Crippen LogP contribution < -0.4 is 10.5 Å². The number of hydrogen-bond donors (Lipinski definition) is 1. The van der Waals surface area contributed by atoms with Crippen LogP contribution in [0.15, 0.2) is 16.6 Å². The normalized spacial score (nSPS) is 15.2. The molecule has 1 aromatic rings. The third-order valence-corrected chi connectivity index (χ3v) is 3.39. The van der Waals surface area contributed by atoms with Crippen LogP contribution in [0, 0.1) is 17.0 Å². The van der Waals surface area contributed by atoms with Crippen LogP contribution in [-0.2, 0) is 0 Å². The fourth-order valence-electron chi connectivity index (χ4n) is 1.88. The highest BCUT2D eigenvalue weighted by Crippen LogP contribution is 2.31. The maximum atomic E-state index is 13.7. The first-order valence-corrected chi connectivity index (χ1v) is 7.03. The minimum absolute atomic E-state index is 0.115. The Kier molecular flexibility index (Phi) is 5.33. The van der Waals surface area contributed by atoms with Gasteiger partial charge in [0.05, 0.1) is 0 Å². The van der Waals surface area contributed by atoms with E-state index in [2.05, 4.69) is 15.9 Å². The molecule has 0 aliphatic carbocycles. The Balaban J connectivity index is 3.10. The molecule has 0 aliphatic heterocycles. The second-order valence-electron chi connectivity index (χ2n) is 5.68. The predicted octanol–water partition coefficient (Wildman–Crippen LogP) is 4.26. The highest BCUT2D eigenvalue weighted by atomic mass is 79.9. The predicted molar refractivity (Wildman–Crippen MR) is 76.2 cm³/mol.